The molecule has 2 aliphatic carbocycles. The van der Waals surface area contributed by atoms with Crippen LogP contribution in [0.4, 0.5) is 5.69 Å². The van der Waals surface area contributed by atoms with Crippen molar-refractivity contribution in [1.82, 2.24) is 5.32 Å². The molecule has 4 aliphatic heterocycles. The van der Waals surface area contributed by atoms with Gasteiger partial charge in [0, 0.05) is 48.2 Å². The third-order valence-electron chi connectivity index (χ3n) is 15.3. The van der Waals surface area contributed by atoms with Gasteiger partial charge in [-0.05, 0) is 105 Å². The number of ether oxygens (including phenoxy) is 1. The van der Waals surface area contributed by atoms with E-state index in [0.29, 0.717) is 76.0 Å². The van der Waals surface area contributed by atoms with Crippen LogP contribution >= 0.6 is 0 Å². The summed E-state index contributed by atoms with van der Waals surface area (Å²) in [5, 5.41) is 80.4. The van der Waals surface area contributed by atoms with Crippen LogP contribution in [0.5, 0.6) is 17.2 Å². The number of fused-ring (bicyclic) bond motifs is 4. The third kappa shape index (κ3) is 7.44. The number of hydrogen-bond acceptors (Lipinski definition) is 14. The van der Waals surface area contributed by atoms with Crippen molar-refractivity contribution in [2.45, 2.75) is 107 Å². The molecule has 1 aromatic heterocycles. The molecular weight excluding hydrogens is 839 g/mol. The van der Waals surface area contributed by atoms with Gasteiger partial charge in [-0.2, -0.15) is 0 Å². The van der Waals surface area contributed by atoms with E-state index in [9.17, 15) is 45.3 Å². The first kappa shape index (κ1) is 43.7. The van der Waals surface area contributed by atoms with Gasteiger partial charge in [0.05, 0.1) is 17.4 Å². The molecule has 6 aliphatic rings. The summed E-state index contributed by atoms with van der Waals surface area (Å²) in [4.78, 5) is 45.2. The Morgan fingerprint density at radius 1 is 1.02 bits per heavy atom. The lowest BCUT2D eigenvalue weighted by Crippen LogP contribution is -3.01. The molecule has 9 atom stereocenters. The first-order valence-corrected chi connectivity index (χ1v) is 22.7. The Morgan fingerprint density at radius 2 is 1.83 bits per heavy atom. The second kappa shape index (κ2) is 16.6. The Kier molecular flexibility index (Phi) is 11.2. The Balaban J connectivity index is 1.04. The lowest BCUT2D eigenvalue weighted by Gasteiger charge is -2.50. The highest BCUT2D eigenvalue weighted by molar-refractivity contribution is 5.92. The fourth-order valence-electron chi connectivity index (χ4n) is 12.0. The summed E-state index contributed by atoms with van der Waals surface area (Å²) in [6.07, 6.45) is 4.98. The van der Waals surface area contributed by atoms with Crippen molar-refractivity contribution in [3.05, 3.63) is 93.1 Å². The number of allylic oxidation sites excluding steroid dienone is 1. The number of aliphatic hydroxyl groups is 5. The normalized spacial score (nSPS) is 27.9. The predicted molar refractivity (Wildman–Crippen MR) is 236 cm³/mol. The molecule has 3 fully saturated rings. The molecule has 65 heavy (non-hydrogen) atoms. The number of nitrogens with one attached hydrogen (secondary N) is 2. The summed E-state index contributed by atoms with van der Waals surface area (Å²) in [6, 6.07) is 10.4. The lowest BCUT2D eigenvalue weighted by atomic mass is 9.62. The van der Waals surface area contributed by atoms with Gasteiger partial charge in [-0.25, -0.2) is 9.78 Å². The summed E-state index contributed by atoms with van der Waals surface area (Å²) in [7, 11) is 0. The molecular formula is C49H56N3O13+. The number of benzene rings is 3. The molecule has 0 radical (unpaired) electrons. The van der Waals surface area contributed by atoms with E-state index in [1.165, 1.54) is 36.4 Å². The van der Waals surface area contributed by atoms with E-state index < -0.39 is 60.7 Å². The number of carbonyl (C=O) groups excluding carboxylic acids is 1. The van der Waals surface area contributed by atoms with E-state index in [0.717, 1.165) is 54.7 Å². The Bertz CT molecular complexity index is 2710. The van der Waals surface area contributed by atoms with Gasteiger partial charge in [0.2, 0.25) is 17.2 Å². The molecule has 0 bridgehead atoms. The van der Waals surface area contributed by atoms with Crippen LogP contribution in [0.2, 0.25) is 0 Å². The Morgan fingerprint density at radius 3 is 2.62 bits per heavy atom. The molecule has 9 N–H and O–H groups in total. The Hall–Kier alpha value is -5.17. The van der Waals surface area contributed by atoms with Gasteiger partial charge in [-0.1, -0.05) is 18.9 Å². The number of amides is 1. The van der Waals surface area contributed by atoms with Crippen molar-refractivity contribution in [3.8, 4) is 17.2 Å². The van der Waals surface area contributed by atoms with Crippen molar-refractivity contribution in [2.24, 2.45) is 22.2 Å². The van der Waals surface area contributed by atoms with Crippen LogP contribution in [-0.2, 0) is 27.4 Å². The number of aliphatic imine (C=N–C) groups is 1. The van der Waals surface area contributed by atoms with E-state index in [4.69, 9.17) is 18.9 Å². The minimum Gasteiger partial charge on any atom is -0.508 e. The number of rotatable bonds is 12. The first-order chi connectivity index (χ1) is 31.2. The first-order valence-electron chi connectivity index (χ1n) is 22.7. The molecule has 4 aromatic rings. The summed E-state index contributed by atoms with van der Waals surface area (Å²) in [6.45, 7) is 1.18. The van der Waals surface area contributed by atoms with E-state index >= 15 is 0 Å². The number of aliphatic hydroxyl groups excluding tert-OH is 4. The van der Waals surface area contributed by atoms with Crippen LogP contribution in [0.15, 0.2) is 80.2 Å². The van der Waals surface area contributed by atoms with Crippen molar-refractivity contribution in [3.63, 3.8) is 0 Å². The molecule has 3 aromatic carbocycles. The maximum Gasteiger partial charge on any atom is 0.226 e. The number of quaternary nitrogens is 1. The molecule has 1 saturated heterocycles. The number of aryl methyl sites for hydroxylation is 1. The SMILES string of the molecule is Cc1cc(=O)c2cc3c(c([NH+]4C=C5N=CC=C5C4)c2o1)OC1(CCCC(C2CNC(=O)C24CCCC4)C1)C(OOCC(O)(Cc1ccc(O)c2ccc(O)cc12)C(O)C(O)C(O)CO)C3. The topological polar surface area (TPSA) is 245 Å². The Labute approximate surface area is 374 Å². The highest BCUT2D eigenvalue weighted by Gasteiger charge is 2.59. The van der Waals surface area contributed by atoms with Gasteiger partial charge < -0.3 is 50.2 Å². The zero-order valence-corrected chi connectivity index (χ0v) is 36.2. The summed E-state index contributed by atoms with van der Waals surface area (Å²) in [5.41, 5.74) is -0.141. The van der Waals surface area contributed by atoms with Crippen molar-refractivity contribution < 1.29 is 64.4 Å². The molecule has 2 saturated carbocycles. The van der Waals surface area contributed by atoms with Crippen LogP contribution < -0.4 is 20.4 Å². The highest BCUT2D eigenvalue weighted by Crippen LogP contribution is 2.56. The van der Waals surface area contributed by atoms with Crippen LogP contribution in [-0.4, -0.2) is 110 Å². The quantitative estimate of drug-likeness (QED) is 0.0735. The molecule has 16 heteroatoms. The molecule has 2 spiro atoms. The van der Waals surface area contributed by atoms with Gasteiger partial charge in [-0.15, -0.1) is 0 Å². The number of carbonyl (C=O) groups is 1. The van der Waals surface area contributed by atoms with E-state index in [2.05, 4.69) is 10.3 Å². The summed E-state index contributed by atoms with van der Waals surface area (Å²) < 4.78 is 13.8. The summed E-state index contributed by atoms with van der Waals surface area (Å²) in [5.74, 6) is 1.05. The number of aromatic hydroxyl groups is 2. The number of nitrogens with zero attached hydrogens (tertiary/aromatic N) is 1. The minimum atomic E-state index is -2.40. The van der Waals surface area contributed by atoms with Gasteiger partial charge in [0.15, 0.2) is 11.2 Å². The second-order valence-corrected chi connectivity index (χ2v) is 19.2. The highest BCUT2D eigenvalue weighted by atomic mass is 17.2. The van der Waals surface area contributed by atoms with Crippen molar-refractivity contribution in [1.29, 1.82) is 0 Å². The molecule has 9 unspecified atom stereocenters. The predicted octanol–water partition coefficient (Wildman–Crippen LogP) is 2.58. The van der Waals surface area contributed by atoms with E-state index in [-0.39, 0.29) is 41.1 Å². The number of hydrogen-bond donors (Lipinski definition) is 9. The fourth-order valence-corrected chi connectivity index (χ4v) is 12.0. The van der Waals surface area contributed by atoms with Gasteiger partial charge in [-0.3, -0.25) is 19.5 Å². The summed E-state index contributed by atoms with van der Waals surface area (Å²) >= 11 is 0. The van der Waals surface area contributed by atoms with Crippen LogP contribution in [0, 0.1) is 24.2 Å². The fraction of sp³-hybridized carbons (Fsp3) is 0.490. The van der Waals surface area contributed by atoms with Crippen LogP contribution in [0.1, 0.15) is 68.3 Å². The monoisotopic (exact) mass is 894 g/mol. The van der Waals surface area contributed by atoms with Crippen LogP contribution in [0.3, 0.4) is 0 Å². The van der Waals surface area contributed by atoms with Gasteiger partial charge >= 0.3 is 0 Å². The maximum absolute atomic E-state index is 13.7. The van der Waals surface area contributed by atoms with Gasteiger partial charge in [0.25, 0.3) is 0 Å². The maximum atomic E-state index is 13.7. The minimum absolute atomic E-state index is 0.0608. The van der Waals surface area contributed by atoms with Crippen LogP contribution in [0.25, 0.3) is 21.7 Å². The molecule has 10 rings (SSSR count). The smallest absolute Gasteiger partial charge is 0.226 e. The van der Waals surface area contributed by atoms with E-state index in [1.54, 1.807) is 19.2 Å². The number of phenolic OH excluding ortho intramolecular Hbond substituents is 2. The van der Waals surface area contributed by atoms with E-state index in [1.807, 2.05) is 12.3 Å². The third-order valence-corrected chi connectivity index (χ3v) is 15.3. The molecule has 344 valence electrons. The average Bonchev–Trinajstić information content (AvgIpc) is 4.10. The average molecular weight is 895 g/mol. The second-order valence-electron chi connectivity index (χ2n) is 19.2. The largest absolute Gasteiger partial charge is 0.508 e. The number of phenols is 2. The zero-order chi connectivity index (χ0) is 45.4. The lowest BCUT2D eigenvalue weighted by molar-refractivity contribution is -0.763. The molecule has 16 nitrogen and oxygen atoms in total. The molecule has 1 amide bonds. The van der Waals surface area contributed by atoms with Crippen molar-refractivity contribution in [2.75, 3.05) is 26.3 Å². The zero-order valence-electron chi connectivity index (χ0n) is 36.2. The van der Waals surface area contributed by atoms with Crippen molar-refractivity contribution >= 4 is 39.6 Å². The van der Waals surface area contributed by atoms with Gasteiger partial charge in [0.1, 0.15) is 77.9 Å². The molecule has 5 heterocycles. The standard InChI is InChI=1S/C49H55N3O13/c1-26-15-38(56)34-16-30-17-40(65-62-25-48(61,45(59)42(58)39(57)24-53)19-27-6-9-37(55)32-8-7-31(54)18-33(27)32)49(13-4-5-28(20-49)35-21-51-46(60)47(35)11-2-3-12-47)64-43(30)41(44(34)63-26)52-22-29-10-14-50-36(29)23-52/h6-10,14-16,18,23,28,35,39-40,42,45,53-55,57-59,61H,2-5,11-13,17,19-22,24-25H2,1H3,(H,51,60)/p+1.